The number of nitrogens with zero attached hydrogens (tertiary/aromatic N) is 1. The number of carbonyl (C=O) groups is 3. The summed E-state index contributed by atoms with van der Waals surface area (Å²) in [6, 6.07) is 6.82. The molecule has 6 heteroatoms. The summed E-state index contributed by atoms with van der Waals surface area (Å²) in [5, 5.41) is 6.03. The lowest BCUT2D eigenvalue weighted by atomic mass is 9.87. The molecule has 0 bridgehead atoms. The van der Waals surface area contributed by atoms with Gasteiger partial charge in [0.15, 0.2) is 0 Å². The average molecular weight is 430 g/mol. The van der Waals surface area contributed by atoms with Gasteiger partial charge in [0.2, 0.25) is 11.8 Å². The van der Waals surface area contributed by atoms with Gasteiger partial charge < -0.3 is 15.5 Å². The van der Waals surface area contributed by atoms with Crippen LogP contribution in [0, 0.1) is 18.3 Å². The van der Waals surface area contributed by atoms with Gasteiger partial charge in [0.05, 0.1) is 0 Å². The summed E-state index contributed by atoms with van der Waals surface area (Å²) in [4.78, 5) is 40.5. The molecule has 2 rings (SSSR count). The Hall–Kier alpha value is -2.37. The molecule has 0 saturated carbocycles. The van der Waals surface area contributed by atoms with Crippen LogP contribution in [0.3, 0.4) is 0 Å². The molecule has 31 heavy (non-hydrogen) atoms. The normalized spacial score (nSPS) is 17.0. The van der Waals surface area contributed by atoms with E-state index in [9.17, 15) is 14.4 Å². The van der Waals surface area contributed by atoms with Crippen LogP contribution in [0.1, 0.15) is 76.2 Å². The number of hydrogen-bond donors (Lipinski definition) is 2. The van der Waals surface area contributed by atoms with Gasteiger partial charge in [-0.1, -0.05) is 45.9 Å². The van der Waals surface area contributed by atoms with Crippen molar-refractivity contribution in [3.8, 4) is 0 Å². The molecule has 0 aliphatic carbocycles. The van der Waals surface area contributed by atoms with Gasteiger partial charge in [-0.15, -0.1) is 0 Å². The molecule has 0 unspecified atom stereocenters. The molecule has 1 aromatic rings. The second-order valence-corrected chi connectivity index (χ2v) is 10.0. The molecule has 0 radical (unpaired) electrons. The maximum Gasteiger partial charge on any atom is 0.252 e. The minimum Gasteiger partial charge on any atom is -0.352 e. The molecule has 1 aromatic carbocycles. The van der Waals surface area contributed by atoms with Gasteiger partial charge in [-0.2, -0.15) is 0 Å². The summed E-state index contributed by atoms with van der Waals surface area (Å²) >= 11 is 0. The quantitative estimate of drug-likeness (QED) is 0.694. The second-order valence-electron chi connectivity index (χ2n) is 10.0. The smallest absolute Gasteiger partial charge is 0.252 e. The van der Waals surface area contributed by atoms with Gasteiger partial charge in [-0.3, -0.25) is 14.4 Å². The van der Waals surface area contributed by atoms with Crippen LogP contribution in [-0.4, -0.2) is 47.8 Å². The monoisotopic (exact) mass is 429 g/mol. The van der Waals surface area contributed by atoms with Crippen molar-refractivity contribution in [1.29, 1.82) is 0 Å². The van der Waals surface area contributed by atoms with Crippen LogP contribution in [-0.2, 0) is 9.59 Å². The van der Waals surface area contributed by atoms with Crippen molar-refractivity contribution in [2.75, 3.05) is 13.1 Å². The van der Waals surface area contributed by atoms with Crippen molar-refractivity contribution < 1.29 is 14.4 Å². The zero-order chi connectivity index (χ0) is 23.2. The third-order valence-corrected chi connectivity index (χ3v) is 6.01. The lowest BCUT2D eigenvalue weighted by Gasteiger charge is -2.37. The molecule has 1 heterocycles. The minimum absolute atomic E-state index is 0.00397. The number of carbonyl (C=O) groups excluding carboxylic acids is 3. The van der Waals surface area contributed by atoms with Crippen LogP contribution >= 0.6 is 0 Å². The van der Waals surface area contributed by atoms with Gasteiger partial charge in [-0.25, -0.2) is 0 Å². The van der Waals surface area contributed by atoms with Gasteiger partial charge in [0, 0.05) is 31.1 Å². The van der Waals surface area contributed by atoms with Crippen LogP contribution < -0.4 is 10.6 Å². The van der Waals surface area contributed by atoms with E-state index in [0.29, 0.717) is 37.9 Å². The van der Waals surface area contributed by atoms with Crippen molar-refractivity contribution in [2.24, 2.45) is 11.3 Å². The number of amides is 3. The fraction of sp³-hybridized carbons (Fsp3) is 0.640. The number of aryl methyl sites for hydroxylation is 1. The molecule has 2 atom stereocenters. The SMILES string of the molecule is CC[C@@H](C)NC(=O)[C@H](NC(=O)c1ccccc1C)C1CCN(C(=O)CC(C)(C)C)CC1. The highest BCUT2D eigenvalue weighted by atomic mass is 16.2. The van der Waals surface area contributed by atoms with E-state index in [0.717, 1.165) is 12.0 Å². The largest absolute Gasteiger partial charge is 0.352 e. The van der Waals surface area contributed by atoms with Crippen LogP contribution in [0.4, 0.5) is 0 Å². The van der Waals surface area contributed by atoms with E-state index in [2.05, 4.69) is 31.4 Å². The maximum atomic E-state index is 13.1. The highest BCUT2D eigenvalue weighted by Crippen LogP contribution is 2.25. The number of likely N-dealkylation sites (tertiary alicyclic amines) is 1. The molecule has 6 nitrogen and oxygen atoms in total. The first-order valence-electron chi connectivity index (χ1n) is 11.5. The number of benzene rings is 1. The predicted molar refractivity (Wildman–Crippen MR) is 124 cm³/mol. The van der Waals surface area contributed by atoms with E-state index >= 15 is 0 Å². The fourth-order valence-electron chi connectivity index (χ4n) is 3.93. The van der Waals surface area contributed by atoms with Crippen LogP contribution in [0.5, 0.6) is 0 Å². The topological polar surface area (TPSA) is 78.5 Å². The summed E-state index contributed by atoms with van der Waals surface area (Å²) in [5.41, 5.74) is 1.42. The zero-order valence-electron chi connectivity index (χ0n) is 20.0. The highest BCUT2D eigenvalue weighted by Gasteiger charge is 2.35. The van der Waals surface area contributed by atoms with Crippen LogP contribution in [0.2, 0.25) is 0 Å². The Kier molecular flexibility index (Phi) is 8.66. The predicted octanol–water partition coefficient (Wildman–Crippen LogP) is 3.68. The van der Waals surface area contributed by atoms with E-state index in [1.807, 2.05) is 43.9 Å². The Morgan fingerprint density at radius 2 is 1.71 bits per heavy atom. The first-order valence-corrected chi connectivity index (χ1v) is 11.5. The summed E-state index contributed by atoms with van der Waals surface area (Å²) in [7, 11) is 0. The van der Waals surface area contributed by atoms with Crippen LogP contribution in [0.15, 0.2) is 24.3 Å². The number of nitrogens with one attached hydrogen (secondary N) is 2. The van der Waals surface area contributed by atoms with E-state index < -0.39 is 6.04 Å². The lowest BCUT2D eigenvalue weighted by Crippen LogP contribution is -2.55. The molecule has 1 fully saturated rings. The van der Waals surface area contributed by atoms with Crippen molar-refractivity contribution in [3.05, 3.63) is 35.4 Å². The van der Waals surface area contributed by atoms with Crippen LogP contribution in [0.25, 0.3) is 0 Å². The Balaban J connectivity index is 2.11. The van der Waals surface area contributed by atoms with Crippen molar-refractivity contribution in [3.63, 3.8) is 0 Å². The summed E-state index contributed by atoms with van der Waals surface area (Å²) in [6.45, 7) is 13.3. The molecular formula is C25H39N3O3. The van der Waals surface area contributed by atoms with Crippen molar-refractivity contribution in [1.82, 2.24) is 15.5 Å². The average Bonchev–Trinajstić information content (AvgIpc) is 2.70. The third-order valence-electron chi connectivity index (χ3n) is 6.01. The molecule has 0 spiro atoms. The van der Waals surface area contributed by atoms with Crippen molar-refractivity contribution in [2.45, 2.75) is 79.3 Å². The minimum atomic E-state index is -0.610. The molecule has 0 aromatic heterocycles. The number of piperidine rings is 1. The third kappa shape index (κ3) is 7.37. The highest BCUT2D eigenvalue weighted by molar-refractivity contribution is 5.98. The first-order chi connectivity index (χ1) is 14.5. The molecular weight excluding hydrogens is 390 g/mol. The maximum absolute atomic E-state index is 13.1. The Labute approximate surface area is 187 Å². The number of rotatable bonds is 7. The Bertz CT molecular complexity index is 776. The van der Waals surface area contributed by atoms with Crippen molar-refractivity contribution >= 4 is 17.7 Å². The fourth-order valence-corrected chi connectivity index (χ4v) is 3.93. The van der Waals surface area contributed by atoms with Gasteiger partial charge >= 0.3 is 0 Å². The Morgan fingerprint density at radius 3 is 2.26 bits per heavy atom. The Morgan fingerprint density at radius 1 is 1.10 bits per heavy atom. The molecule has 2 N–H and O–H groups in total. The molecule has 1 aliphatic rings. The lowest BCUT2D eigenvalue weighted by molar-refractivity contribution is -0.134. The standard InChI is InChI=1S/C25H39N3O3/c1-7-18(3)26-24(31)22(27-23(30)20-11-9-8-10-17(20)2)19-12-14-28(15-13-19)21(29)16-25(4,5)6/h8-11,18-19,22H,7,12-16H2,1-6H3,(H,26,31)(H,27,30)/t18-,22-/m1/s1. The molecule has 1 saturated heterocycles. The summed E-state index contributed by atoms with van der Waals surface area (Å²) in [6.07, 6.45) is 2.73. The number of hydrogen-bond acceptors (Lipinski definition) is 3. The van der Waals surface area contributed by atoms with E-state index in [1.165, 1.54) is 0 Å². The van der Waals surface area contributed by atoms with Gasteiger partial charge in [0.1, 0.15) is 6.04 Å². The molecule has 3 amide bonds. The summed E-state index contributed by atoms with van der Waals surface area (Å²) < 4.78 is 0. The van der Waals surface area contributed by atoms with E-state index in [-0.39, 0.29) is 35.1 Å². The van der Waals surface area contributed by atoms with Gasteiger partial charge in [-0.05, 0) is 56.1 Å². The second kappa shape index (κ2) is 10.8. The van der Waals surface area contributed by atoms with Gasteiger partial charge in [0.25, 0.3) is 5.91 Å². The first kappa shape index (κ1) is 24.9. The van der Waals surface area contributed by atoms with E-state index in [1.54, 1.807) is 6.07 Å². The molecule has 172 valence electrons. The van der Waals surface area contributed by atoms with E-state index in [4.69, 9.17) is 0 Å². The summed E-state index contributed by atoms with van der Waals surface area (Å²) in [5.74, 6) is -0.212. The molecule has 1 aliphatic heterocycles. The zero-order valence-corrected chi connectivity index (χ0v) is 20.0.